The van der Waals surface area contributed by atoms with Crippen LogP contribution in [0.5, 0.6) is 11.5 Å². The van der Waals surface area contributed by atoms with Crippen molar-refractivity contribution in [1.29, 1.82) is 0 Å². The Morgan fingerprint density at radius 1 is 1.28 bits per heavy atom. The summed E-state index contributed by atoms with van der Waals surface area (Å²) in [6, 6.07) is 5.31. The normalized spacial score (nSPS) is 14.3. The fourth-order valence-corrected chi connectivity index (χ4v) is 2.18. The molecule has 0 unspecified atom stereocenters. The lowest BCUT2D eigenvalue weighted by Crippen LogP contribution is -1.98. The zero-order valence-electron chi connectivity index (χ0n) is 9.57. The van der Waals surface area contributed by atoms with Gasteiger partial charge in [0.2, 0.25) is 0 Å². The van der Waals surface area contributed by atoms with Crippen LogP contribution in [0, 0.1) is 0 Å². The van der Waals surface area contributed by atoms with Crippen molar-refractivity contribution in [3.8, 4) is 22.8 Å². The van der Waals surface area contributed by atoms with Crippen LogP contribution >= 0.6 is 11.6 Å². The van der Waals surface area contributed by atoms with Gasteiger partial charge in [-0.3, -0.25) is 5.10 Å². The number of nitrogens with two attached hydrogens (primary N) is 1. The van der Waals surface area contributed by atoms with Crippen LogP contribution in [0.3, 0.4) is 0 Å². The topological polar surface area (TPSA) is 73.2 Å². The number of nitrogens with zero attached hydrogens (tertiary/aromatic N) is 1. The molecule has 0 saturated heterocycles. The molecule has 0 saturated carbocycles. The number of ether oxygens (including phenoxy) is 2. The molecule has 1 aromatic heterocycles. The number of aromatic amines is 1. The number of fused-ring (bicyclic) bond motifs is 1. The summed E-state index contributed by atoms with van der Waals surface area (Å²) < 4.78 is 11.3. The van der Waals surface area contributed by atoms with Gasteiger partial charge in [0.25, 0.3) is 0 Å². The lowest BCUT2D eigenvalue weighted by molar-refractivity contribution is 0.297. The number of anilines is 1. The monoisotopic (exact) mass is 265 g/mol. The zero-order valence-corrected chi connectivity index (χ0v) is 10.3. The van der Waals surface area contributed by atoms with Gasteiger partial charge in [0.1, 0.15) is 5.82 Å². The largest absolute Gasteiger partial charge is 0.490 e. The summed E-state index contributed by atoms with van der Waals surface area (Å²) in [6.07, 6.45) is 0.844. The average Bonchev–Trinajstić information content (AvgIpc) is 2.63. The van der Waals surface area contributed by atoms with Crippen molar-refractivity contribution in [3.63, 3.8) is 0 Å². The van der Waals surface area contributed by atoms with E-state index in [0.717, 1.165) is 17.7 Å². The van der Waals surface area contributed by atoms with Crippen molar-refractivity contribution in [2.45, 2.75) is 6.42 Å². The molecule has 0 spiro atoms. The highest BCUT2D eigenvalue weighted by Crippen LogP contribution is 2.43. The number of nitrogen functional groups attached to an aromatic ring is 1. The summed E-state index contributed by atoms with van der Waals surface area (Å²) in [4.78, 5) is 0. The Morgan fingerprint density at radius 3 is 2.89 bits per heavy atom. The number of halogens is 1. The molecule has 1 aliphatic rings. The Bertz CT molecular complexity index is 583. The number of aromatic nitrogens is 2. The summed E-state index contributed by atoms with van der Waals surface area (Å²) in [5.41, 5.74) is 7.07. The van der Waals surface area contributed by atoms with E-state index in [9.17, 15) is 0 Å². The second-order valence-electron chi connectivity index (χ2n) is 4.01. The van der Waals surface area contributed by atoms with Crippen LogP contribution in [-0.2, 0) is 0 Å². The number of hydrogen-bond donors (Lipinski definition) is 2. The third-order valence-corrected chi connectivity index (χ3v) is 3.05. The summed E-state index contributed by atoms with van der Waals surface area (Å²) in [7, 11) is 0. The van der Waals surface area contributed by atoms with Gasteiger partial charge in [-0.05, 0) is 12.1 Å². The second kappa shape index (κ2) is 4.42. The van der Waals surface area contributed by atoms with Crippen molar-refractivity contribution in [3.05, 3.63) is 23.2 Å². The molecule has 3 N–H and O–H groups in total. The molecule has 94 valence electrons. The van der Waals surface area contributed by atoms with Gasteiger partial charge in [0.05, 0.1) is 29.5 Å². The zero-order chi connectivity index (χ0) is 12.5. The van der Waals surface area contributed by atoms with Gasteiger partial charge >= 0.3 is 0 Å². The summed E-state index contributed by atoms with van der Waals surface area (Å²) in [5, 5.41) is 7.31. The molecule has 2 aromatic rings. The van der Waals surface area contributed by atoms with E-state index in [1.807, 2.05) is 6.07 Å². The Hall–Kier alpha value is -1.88. The van der Waals surface area contributed by atoms with Crippen LogP contribution in [0.1, 0.15) is 6.42 Å². The molecule has 5 nitrogen and oxygen atoms in total. The number of rotatable bonds is 1. The van der Waals surface area contributed by atoms with Crippen LogP contribution in [0.4, 0.5) is 5.82 Å². The lowest BCUT2D eigenvalue weighted by atomic mass is 10.1. The number of nitrogens with one attached hydrogen (secondary N) is 1. The van der Waals surface area contributed by atoms with Gasteiger partial charge in [-0.15, -0.1) is 0 Å². The van der Waals surface area contributed by atoms with E-state index in [0.29, 0.717) is 35.6 Å². The molecular formula is C12H12ClN3O2. The van der Waals surface area contributed by atoms with E-state index < -0.39 is 0 Å². The molecule has 6 heteroatoms. The quantitative estimate of drug-likeness (QED) is 0.831. The van der Waals surface area contributed by atoms with Gasteiger partial charge in [-0.25, -0.2) is 0 Å². The van der Waals surface area contributed by atoms with E-state index in [2.05, 4.69) is 10.2 Å². The Morgan fingerprint density at radius 2 is 2.11 bits per heavy atom. The molecule has 0 atom stereocenters. The molecule has 3 rings (SSSR count). The van der Waals surface area contributed by atoms with Crippen LogP contribution < -0.4 is 15.2 Å². The van der Waals surface area contributed by atoms with Gasteiger partial charge < -0.3 is 15.2 Å². The minimum Gasteiger partial charge on any atom is -0.490 e. The average molecular weight is 266 g/mol. The standard InChI is InChI=1S/C12H12ClN3O2/c13-7-2-3-9-12(18-5-1-4-17-9)11(7)8-6-10(14)16-15-8/h2-3,6H,1,4-5H2,(H3,14,15,16). The highest BCUT2D eigenvalue weighted by Gasteiger charge is 2.20. The maximum Gasteiger partial charge on any atom is 0.172 e. The predicted octanol–water partition coefficient (Wildman–Crippen LogP) is 2.47. The first-order valence-electron chi connectivity index (χ1n) is 5.65. The summed E-state index contributed by atoms with van der Waals surface area (Å²) in [6.45, 7) is 1.24. The summed E-state index contributed by atoms with van der Waals surface area (Å²) >= 11 is 6.23. The molecule has 1 aliphatic heterocycles. The fourth-order valence-electron chi connectivity index (χ4n) is 1.93. The first-order chi connectivity index (χ1) is 8.75. The van der Waals surface area contributed by atoms with Crippen LogP contribution in [0.15, 0.2) is 18.2 Å². The maximum atomic E-state index is 6.23. The molecule has 0 bridgehead atoms. The van der Waals surface area contributed by atoms with Crippen LogP contribution in [0.25, 0.3) is 11.3 Å². The van der Waals surface area contributed by atoms with Crippen LogP contribution in [-0.4, -0.2) is 23.4 Å². The highest BCUT2D eigenvalue weighted by atomic mass is 35.5. The number of H-pyrrole nitrogens is 1. The molecule has 1 aromatic carbocycles. The maximum absolute atomic E-state index is 6.23. The van der Waals surface area contributed by atoms with E-state index in [4.69, 9.17) is 26.8 Å². The third-order valence-electron chi connectivity index (χ3n) is 2.73. The van der Waals surface area contributed by atoms with E-state index in [1.165, 1.54) is 0 Å². The third kappa shape index (κ3) is 1.86. The van der Waals surface area contributed by atoms with Crippen molar-refractivity contribution in [2.75, 3.05) is 18.9 Å². The number of hydrogen-bond acceptors (Lipinski definition) is 4. The lowest BCUT2D eigenvalue weighted by Gasteiger charge is -2.12. The smallest absolute Gasteiger partial charge is 0.172 e. The predicted molar refractivity (Wildman–Crippen MR) is 69.1 cm³/mol. The van der Waals surface area contributed by atoms with Crippen molar-refractivity contribution in [1.82, 2.24) is 10.2 Å². The van der Waals surface area contributed by atoms with Gasteiger partial charge in [-0.2, -0.15) is 5.10 Å². The van der Waals surface area contributed by atoms with Crippen molar-refractivity contribution >= 4 is 17.4 Å². The molecule has 0 fully saturated rings. The number of benzene rings is 1. The minimum absolute atomic E-state index is 0.410. The first kappa shape index (κ1) is 11.2. The second-order valence-corrected chi connectivity index (χ2v) is 4.41. The van der Waals surface area contributed by atoms with E-state index in [-0.39, 0.29) is 0 Å². The van der Waals surface area contributed by atoms with Gasteiger partial charge in [0, 0.05) is 12.5 Å². The van der Waals surface area contributed by atoms with E-state index >= 15 is 0 Å². The van der Waals surface area contributed by atoms with Gasteiger partial charge in [-0.1, -0.05) is 11.6 Å². The molecule has 0 aliphatic carbocycles. The van der Waals surface area contributed by atoms with E-state index in [1.54, 1.807) is 12.1 Å². The van der Waals surface area contributed by atoms with Crippen molar-refractivity contribution < 1.29 is 9.47 Å². The Balaban J connectivity index is 2.18. The SMILES string of the molecule is Nc1cc(-c2c(Cl)ccc3c2OCCCO3)[nH]n1. The first-order valence-corrected chi connectivity index (χ1v) is 6.03. The highest BCUT2D eigenvalue weighted by molar-refractivity contribution is 6.33. The molecular weight excluding hydrogens is 254 g/mol. The molecule has 18 heavy (non-hydrogen) atoms. The fraction of sp³-hybridized carbons (Fsp3) is 0.250. The molecule has 0 amide bonds. The molecule has 0 radical (unpaired) electrons. The Kier molecular flexibility index (Phi) is 2.76. The Labute approximate surface area is 109 Å². The summed E-state index contributed by atoms with van der Waals surface area (Å²) in [5.74, 6) is 1.75. The molecule has 2 heterocycles. The van der Waals surface area contributed by atoms with Crippen LogP contribution in [0.2, 0.25) is 5.02 Å². The minimum atomic E-state index is 0.410. The van der Waals surface area contributed by atoms with Gasteiger partial charge in [0.15, 0.2) is 11.5 Å². The van der Waals surface area contributed by atoms with Crippen molar-refractivity contribution in [2.24, 2.45) is 0 Å².